The summed E-state index contributed by atoms with van der Waals surface area (Å²) in [6, 6.07) is 21.8. The third kappa shape index (κ3) is 13.1. The number of hydrogen-bond donors (Lipinski definition) is 7. The summed E-state index contributed by atoms with van der Waals surface area (Å²) in [5, 5.41) is 27.9. The van der Waals surface area contributed by atoms with Crippen LogP contribution in [0.25, 0.3) is 11.4 Å². The Morgan fingerprint density at radius 3 is 2.00 bits per heavy atom. The second-order valence-corrected chi connectivity index (χ2v) is 10.3. The molecule has 0 bridgehead atoms. The molecule has 9 N–H and O–H groups in total. The van der Waals surface area contributed by atoms with Gasteiger partial charge in [-0.1, -0.05) is 42.1 Å². The van der Waals surface area contributed by atoms with Crippen LogP contribution in [0.15, 0.2) is 102 Å². The lowest BCUT2D eigenvalue weighted by Gasteiger charge is -2.08. The highest BCUT2D eigenvalue weighted by atomic mass is 127. The van der Waals surface area contributed by atoms with Gasteiger partial charge in [-0.15, -0.1) is 29.1 Å². The molecule has 11 nitrogen and oxygen atoms in total. The number of phenols is 2. The number of hydrogen-bond acceptors (Lipinski definition) is 9. The minimum absolute atomic E-state index is 0. The lowest BCUT2D eigenvalue weighted by molar-refractivity contribution is -0.138. The Balaban J connectivity index is 0.000000278. The van der Waals surface area contributed by atoms with Gasteiger partial charge in [0, 0.05) is 16.8 Å². The molecule has 0 spiro atoms. The van der Waals surface area contributed by atoms with E-state index in [1.807, 2.05) is 5.43 Å². The van der Waals surface area contributed by atoms with E-state index in [9.17, 15) is 36.2 Å². The summed E-state index contributed by atoms with van der Waals surface area (Å²) in [5.41, 5.74) is 7.25. The Labute approximate surface area is 302 Å². The molecular formula is C31H29F6IN8O3S. The molecule has 0 radical (unpaired) electrons. The van der Waals surface area contributed by atoms with Crippen LogP contribution in [0.3, 0.4) is 0 Å². The number of anilines is 2. The lowest BCUT2D eigenvalue weighted by atomic mass is 10.2. The standard InChI is InChI=1S/C15H11F3N4O.C9H9F3N2S.C7H8N2O2.HI/c16-15(17,18)10-4-2-5-11(8-10)19-14-20-13(21-22-14)9-3-1-6-12(23)7-9;1-15-8(13)14-7-4-2-3-6(5-7)9(10,11)12;8-9-7(11)5-2-1-3-6(10)4-5;/h1-8,23H,(H2,19,20,21,22);2-5H,1H3,(H2,13,14);1-4,10H,8H2,(H,9,11);1H. The molecule has 5 rings (SSSR count). The Hall–Kier alpha value is -5.02. The van der Waals surface area contributed by atoms with Gasteiger partial charge in [-0.05, 0) is 73.0 Å². The molecule has 1 heterocycles. The van der Waals surface area contributed by atoms with Crippen molar-refractivity contribution < 1.29 is 41.4 Å². The topological polar surface area (TPSA) is 188 Å². The molecule has 5 aromatic rings. The monoisotopic (exact) mass is 834 g/mol. The van der Waals surface area contributed by atoms with Crippen molar-refractivity contribution in [3.05, 3.63) is 114 Å². The van der Waals surface area contributed by atoms with Crippen molar-refractivity contribution in [2.45, 2.75) is 12.4 Å². The highest BCUT2D eigenvalue weighted by Crippen LogP contribution is 2.32. The smallest absolute Gasteiger partial charge is 0.416 e. The van der Waals surface area contributed by atoms with Crippen LogP contribution in [-0.4, -0.2) is 42.7 Å². The molecule has 0 saturated carbocycles. The Morgan fingerprint density at radius 1 is 0.840 bits per heavy atom. The van der Waals surface area contributed by atoms with Gasteiger partial charge in [0.1, 0.15) is 11.5 Å². The van der Waals surface area contributed by atoms with Gasteiger partial charge >= 0.3 is 12.4 Å². The molecule has 19 heteroatoms. The van der Waals surface area contributed by atoms with Crippen LogP contribution in [0, 0.1) is 0 Å². The van der Waals surface area contributed by atoms with Gasteiger partial charge < -0.3 is 21.3 Å². The predicted octanol–water partition coefficient (Wildman–Crippen LogP) is 7.57. The number of aromatic nitrogens is 3. The highest BCUT2D eigenvalue weighted by Gasteiger charge is 2.31. The molecule has 4 aromatic carbocycles. The van der Waals surface area contributed by atoms with E-state index in [1.54, 1.807) is 30.5 Å². The van der Waals surface area contributed by atoms with E-state index >= 15 is 0 Å². The second kappa shape index (κ2) is 18.7. The summed E-state index contributed by atoms with van der Waals surface area (Å²) in [5.74, 6) is 5.09. The molecule has 0 unspecified atom stereocenters. The van der Waals surface area contributed by atoms with Crippen LogP contribution >= 0.6 is 35.7 Å². The Morgan fingerprint density at radius 2 is 1.42 bits per heavy atom. The molecule has 50 heavy (non-hydrogen) atoms. The molecule has 0 saturated heterocycles. The maximum atomic E-state index is 12.7. The number of amidine groups is 1. The van der Waals surface area contributed by atoms with Crippen LogP contribution in [-0.2, 0) is 12.4 Å². The van der Waals surface area contributed by atoms with Crippen molar-refractivity contribution in [3.63, 3.8) is 0 Å². The fourth-order valence-corrected chi connectivity index (χ4v) is 3.85. The molecule has 0 atom stereocenters. The number of amides is 1. The van der Waals surface area contributed by atoms with Gasteiger partial charge in [0.2, 0.25) is 5.95 Å². The van der Waals surface area contributed by atoms with E-state index in [0.717, 1.165) is 24.3 Å². The van der Waals surface area contributed by atoms with Crippen LogP contribution in [0.4, 0.5) is 43.7 Å². The third-order valence-corrected chi connectivity index (χ3v) is 6.42. The van der Waals surface area contributed by atoms with E-state index in [2.05, 4.69) is 25.5 Å². The number of carbonyl (C=O) groups excluding carboxylic acids is 1. The molecule has 1 aromatic heterocycles. The number of hydrazine groups is 1. The zero-order valence-corrected chi connectivity index (χ0v) is 28.8. The average molecular weight is 835 g/mol. The predicted molar refractivity (Wildman–Crippen MR) is 190 cm³/mol. The summed E-state index contributed by atoms with van der Waals surface area (Å²) >= 11 is 1.18. The fourth-order valence-electron chi connectivity index (χ4n) is 3.66. The Kier molecular flexibility index (Phi) is 15.4. The van der Waals surface area contributed by atoms with Crippen LogP contribution < -0.4 is 22.3 Å². The number of carbonyl (C=O) groups is 1. The maximum absolute atomic E-state index is 12.7. The van der Waals surface area contributed by atoms with Crippen molar-refractivity contribution >= 4 is 64.1 Å². The average Bonchev–Trinajstić information content (AvgIpc) is 3.53. The van der Waals surface area contributed by atoms with Crippen molar-refractivity contribution in [1.29, 1.82) is 0 Å². The number of alkyl halides is 6. The zero-order valence-electron chi connectivity index (χ0n) is 25.6. The molecule has 0 aliphatic carbocycles. The lowest BCUT2D eigenvalue weighted by Crippen LogP contribution is -2.29. The number of phenolic OH excluding ortho intramolecular Hbond substituents is 2. The summed E-state index contributed by atoms with van der Waals surface area (Å²) in [7, 11) is 0. The summed E-state index contributed by atoms with van der Waals surface area (Å²) in [4.78, 5) is 18.8. The van der Waals surface area contributed by atoms with Crippen LogP contribution in [0.5, 0.6) is 11.5 Å². The first-order chi connectivity index (χ1) is 23.1. The molecule has 266 valence electrons. The van der Waals surface area contributed by atoms with Crippen LogP contribution in [0.1, 0.15) is 21.5 Å². The van der Waals surface area contributed by atoms with Gasteiger partial charge in [-0.25, -0.2) is 10.8 Å². The quantitative estimate of drug-likeness (QED) is 0.0178. The highest BCUT2D eigenvalue weighted by molar-refractivity contribution is 14.0. The maximum Gasteiger partial charge on any atom is 0.416 e. The van der Waals surface area contributed by atoms with E-state index in [1.165, 1.54) is 60.3 Å². The van der Waals surface area contributed by atoms with Crippen molar-refractivity contribution in [1.82, 2.24) is 20.6 Å². The van der Waals surface area contributed by atoms with Crippen molar-refractivity contribution in [2.75, 3.05) is 11.6 Å². The van der Waals surface area contributed by atoms with Gasteiger partial charge in [-0.3, -0.25) is 15.3 Å². The number of nitrogens with zero attached hydrogens (tertiary/aromatic N) is 3. The number of nitrogen functional groups attached to an aromatic ring is 1. The van der Waals surface area contributed by atoms with E-state index in [4.69, 9.17) is 16.7 Å². The molecule has 0 aliphatic heterocycles. The van der Waals surface area contributed by atoms with E-state index in [0.29, 0.717) is 17.0 Å². The number of aromatic hydroxyl groups is 2. The minimum atomic E-state index is -4.41. The van der Waals surface area contributed by atoms with Crippen molar-refractivity contribution in [2.24, 2.45) is 16.6 Å². The summed E-state index contributed by atoms with van der Waals surface area (Å²) in [6.45, 7) is 0. The minimum Gasteiger partial charge on any atom is -0.508 e. The summed E-state index contributed by atoms with van der Waals surface area (Å²) < 4.78 is 75.0. The number of rotatable bonds is 5. The second-order valence-electron chi connectivity index (χ2n) is 9.49. The molecule has 0 aliphatic rings. The van der Waals surface area contributed by atoms with Crippen molar-refractivity contribution in [3.8, 4) is 22.9 Å². The Bertz CT molecular complexity index is 1890. The van der Waals surface area contributed by atoms with Gasteiger partial charge in [0.15, 0.2) is 11.0 Å². The molecule has 0 fully saturated rings. The fraction of sp³-hybridized carbons (Fsp3) is 0.0968. The first-order valence-electron chi connectivity index (χ1n) is 13.6. The number of halogens is 7. The zero-order chi connectivity index (χ0) is 36.2. The van der Waals surface area contributed by atoms with Gasteiger partial charge in [0.05, 0.1) is 16.8 Å². The van der Waals surface area contributed by atoms with E-state index < -0.39 is 29.4 Å². The van der Waals surface area contributed by atoms with Gasteiger partial charge in [0.25, 0.3) is 5.91 Å². The molecule has 1 amide bonds. The first kappa shape index (κ1) is 41.2. The normalized spacial score (nSPS) is 11.2. The van der Waals surface area contributed by atoms with E-state index in [-0.39, 0.29) is 58.0 Å². The molecular weight excluding hydrogens is 805 g/mol. The first-order valence-corrected chi connectivity index (χ1v) is 14.8. The van der Waals surface area contributed by atoms with Gasteiger partial charge in [-0.2, -0.15) is 31.3 Å². The number of nitrogens with one attached hydrogen (secondary N) is 3. The number of nitrogens with two attached hydrogens (primary N) is 2. The summed E-state index contributed by atoms with van der Waals surface area (Å²) in [6.07, 6.45) is -7.06. The largest absolute Gasteiger partial charge is 0.508 e. The number of aromatic amines is 1. The van der Waals surface area contributed by atoms with Crippen LogP contribution in [0.2, 0.25) is 0 Å². The SMILES string of the molecule is CSC(N)=Nc1cccc(C(F)(F)F)c1.I.NNC(=O)c1cccc(O)c1.Oc1cccc(-c2nc(Nc3cccc(C(F)(F)F)c3)n[nH]2)c1. The third-order valence-electron chi connectivity index (χ3n) is 5.91. The number of thioether (sulfide) groups is 1. The number of H-pyrrole nitrogens is 1. The number of benzene rings is 4. The number of aliphatic imine (C=N–C) groups is 1.